The second-order valence-electron chi connectivity index (χ2n) is 20.2. The molecule has 7 rings (SSSR count). The van der Waals surface area contributed by atoms with E-state index in [2.05, 4.69) is 76.6 Å². The molecule has 0 aliphatic heterocycles. The molecular formula is C47H65N3O5. The van der Waals surface area contributed by atoms with Crippen LogP contribution in [0.15, 0.2) is 53.8 Å². The van der Waals surface area contributed by atoms with Crippen molar-refractivity contribution in [3.63, 3.8) is 0 Å². The molecule has 8 nitrogen and oxygen atoms in total. The van der Waals surface area contributed by atoms with Gasteiger partial charge in [0.15, 0.2) is 5.78 Å². The van der Waals surface area contributed by atoms with Gasteiger partial charge in [-0.05, 0) is 165 Å². The number of aliphatic hydroxyl groups excluding tert-OH is 1. The molecule has 6 aliphatic rings. The Kier molecular flexibility index (Phi) is 10.1. The average Bonchev–Trinajstić information content (AvgIpc) is 3.53. The van der Waals surface area contributed by atoms with Crippen molar-refractivity contribution in [3.8, 4) is 11.9 Å². The number of aliphatic carboxylic acids is 1. The summed E-state index contributed by atoms with van der Waals surface area (Å²) in [7, 11) is 0. The van der Waals surface area contributed by atoms with Crippen molar-refractivity contribution in [2.45, 2.75) is 137 Å². The average molecular weight is 752 g/mol. The van der Waals surface area contributed by atoms with Crippen LogP contribution in [0.1, 0.15) is 131 Å². The highest BCUT2D eigenvalue weighted by Gasteiger charge is 2.70. The summed E-state index contributed by atoms with van der Waals surface area (Å²) in [5.74, 6) is 1.75. The number of allylic oxidation sites excluding steroid dienone is 5. The molecule has 0 saturated heterocycles. The maximum atomic E-state index is 12.8. The molecule has 0 aromatic carbocycles. The van der Waals surface area contributed by atoms with Gasteiger partial charge < -0.3 is 20.3 Å². The van der Waals surface area contributed by atoms with Gasteiger partial charge in [0.05, 0.1) is 0 Å². The van der Waals surface area contributed by atoms with Crippen LogP contribution in [-0.4, -0.2) is 51.7 Å². The molecule has 55 heavy (non-hydrogen) atoms. The maximum Gasteiger partial charge on any atom is 0.313 e. The monoisotopic (exact) mass is 751 g/mol. The van der Waals surface area contributed by atoms with Crippen molar-refractivity contribution in [1.82, 2.24) is 10.3 Å². The number of carbonyl (C=O) groups is 2. The van der Waals surface area contributed by atoms with Crippen molar-refractivity contribution >= 4 is 11.8 Å². The van der Waals surface area contributed by atoms with Gasteiger partial charge in [-0.1, -0.05) is 58.9 Å². The minimum Gasteiger partial charge on any atom is -0.481 e. The number of ether oxygens (including phenoxy) is 1. The topological polar surface area (TPSA) is 133 Å². The molecule has 0 spiro atoms. The molecular weight excluding hydrogens is 687 g/mol. The third kappa shape index (κ3) is 6.08. The van der Waals surface area contributed by atoms with Gasteiger partial charge >= 0.3 is 5.97 Å². The van der Waals surface area contributed by atoms with Crippen LogP contribution in [0.25, 0.3) is 0 Å². The maximum absolute atomic E-state index is 12.8. The van der Waals surface area contributed by atoms with Crippen molar-refractivity contribution in [1.29, 1.82) is 5.26 Å². The first kappa shape index (κ1) is 39.9. The minimum absolute atomic E-state index is 0.0213. The Morgan fingerprint density at radius 2 is 1.76 bits per heavy atom. The van der Waals surface area contributed by atoms with E-state index < -0.39 is 17.5 Å². The number of hydrogen-bond acceptors (Lipinski definition) is 7. The van der Waals surface area contributed by atoms with E-state index in [1.165, 1.54) is 55.7 Å². The Hall–Kier alpha value is -3.28. The van der Waals surface area contributed by atoms with Gasteiger partial charge in [-0.3, -0.25) is 9.59 Å². The van der Waals surface area contributed by atoms with Gasteiger partial charge in [0.25, 0.3) is 0 Å². The number of pyridine rings is 1. The van der Waals surface area contributed by atoms with E-state index in [1.807, 2.05) is 0 Å². The number of rotatable bonds is 10. The largest absolute Gasteiger partial charge is 0.481 e. The number of carbonyl (C=O) groups excluding carboxylic acids is 1. The SMILES string of the molecule is C=C(C)[C@@H]1CC[C@]2(NC[C@H](O)C(C)=O)CC[C@]3(C)[C@H](CC[C@@H]4[C@@]5(C)CC=C(C6=CC[C@](COc7ncccc7C#N)(C(=O)O)CC6)C(C)(C)[C@@H]5CC[C@]43C)[C@@H]12. The predicted molar refractivity (Wildman–Crippen MR) is 214 cm³/mol. The van der Waals surface area contributed by atoms with E-state index in [9.17, 15) is 25.1 Å². The Morgan fingerprint density at radius 3 is 2.42 bits per heavy atom. The number of aromatic nitrogens is 1. The normalized spacial score (nSPS) is 40.8. The molecule has 8 heteroatoms. The van der Waals surface area contributed by atoms with Crippen LogP contribution in [0, 0.1) is 68.0 Å². The first-order valence-electron chi connectivity index (χ1n) is 21.1. The Labute approximate surface area is 329 Å². The molecule has 4 saturated carbocycles. The summed E-state index contributed by atoms with van der Waals surface area (Å²) < 4.78 is 5.93. The lowest BCUT2D eigenvalue weighted by atomic mass is 9.33. The van der Waals surface area contributed by atoms with E-state index in [0.29, 0.717) is 61.0 Å². The molecule has 11 atom stereocenters. The highest BCUT2D eigenvalue weighted by Crippen LogP contribution is 2.76. The number of Topliss-reactive ketones (excluding diaryl/α,β-unsaturated/α-hetero) is 1. The number of β-amino-alcohol motifs (C(OH)–C–C–N with tert-alkyl or cyclic N) is 1. The summed E-state index contributed by atoms with van der Waals surface area (Å²) in [6.07, 6.45) is 17.2. The molecule has 0 bridgehead atoms. The van der Waals surface area contributed by atoms with Gasteiger partial charge in [0, 0.05) is 18.3 Å². The quantitative estimate of drug-likeness (QED) is 0.202. The number of carboxylic acid groups (broad SMARTS) is 1. The van der Waals surface area contributed by atoms with Crippen LogP contribution in [0.3, 0.4) is 0 Å². The smallest absolute Gasteiger partial charge is 0.313 e. The zero-order chi connectivity index (χ0) is 39.8. The summed E-state index contributed by atoms with van der Waals surface area (Å²) in [4.78, 5) is 29.0. The Bertz CT molecular complexity index is 1840. The van der Waals surface area contributed by atoms with Crippen LogP contribution in [0.4, 0.5) is 0 Å². The Morgan fingerprint density at radius 1 is 1.00 bits per heavy atom. The molecule has 0 amide bonds. The predicted octanol–water partition coefficient (Wildman–Crippen LogP) is 9.00. The van der Waals surface area contributed by atoms with Crippen LogP contribution in [0.5, 0.6) is 5.88 Å². The van der Waals surface area contributed by atoms with Gasteiger partial charge in [-0.2, -0.15) is 5.26 Å². The summed E-state index contributed by atoms with van der Waals surface area (Å²) in [5, 5.41) is 34.3. The fourth-order valence-corrected chi connectivity index (χ4v) is 14.4. The minimum atomic E-state index is -1.06. The number of nitrogens with zero attached hydrogens (tertiary/aromatic N) is 2. The van der Waals surface area contributed by atoms with E-state index >= 15 is 0 Å². The van der Waals surface area contributed by atoms with Crippen molar-refractivity contribution < 1.29 is 24.5 Å². The standard InChI is InChI=1S/C47H65N3O5/c1-29(2)33-15-22-47(50-27-36(52)30(3)51)24-23-44(7)35(39(33)47)11-12-38-43(6)18-16-34(42(4,5)37(43)17-19-45(38,44)8)31-13-20-46(21-14-31,41(53)54)28-55-40-32(26-48)10-9-25-49-40/h9-10,13,16,25,33,35-39,50,52H,1,11-12,14-15,17-24,27-28H2,2-8H3,(H,53,54)/t33-,35+,36-,37-,38+,39+,43-,44+,45+,46-,47-/m0/s1. The zero-order valence-electron chi connectivity index (χ0n) is 34.5. The number of ketones is 1. The number of fused-ring (bicyclic) bond motifs is 7. The fraction of sp³-hybridized carbons (Fsp3) is 0.702. The van der Waals surface area contributed by atoms with Crippen molar-refractivity contribution in [3.05, 3.63) is 59.3 Å². The number of carboxylic acids is 1. The molecule has 1 aromatic heterocycles. The van der Waals surface area contributed by atoms with E-state index in [0.717, 1.165) is 25.7 Å². The highest BCUT2D eigenvalue weighted by atomic mass is 16.5. The molecule has 0 radical (unpaired) electrons. The van der Waals surface area contributed by atoms with Gasteiger partial charge in [-0.25, -0.2) is 4.98 Å². The molecule has 4 fully saturated rings. The fourth-order valence-electron chi connectivity index (χ4n) is 14.4. The summed E-state index contributed by atoms with van der Waals surface area (Å²) in [5.41, 5.74) is 3.66. The molecule has 1 heterocycles. The second-order valence-corrected chi connectivity index (χ2v) is 20.2. The van der Waals surface area contributed by atoms with Crippen LogP contribution >= 0.6 is 0 Å². The first-order valence-corrected chi connectivity index (χ1v) is 21.1. The van der Waals surface area contributed by atoms with Crippen LogP contribution < -0.4 is 10.1 Å². The van der Waals surface area contributed by atoms with Crippen LogP contribution in [-0.2, 0) is 9.59 Å². The summed E-state index contributed by atoms with van der Waals surface area (Å²) >= 11 is 0. The van der Waals surface area contributed by atoms with E-state index in [-0.39, 0.29) is 45.5 Å². The number of hydrogen-bond donors (Lipinski definition) is 3. The van der Waals surface area contributed by atoms with Crippen molar-refractivity contribution in [2.24, 2.45) is 56.7 Å². The number of nitrogens with one attached hydrogen (secondary N) is 1. The molecule has 6 aliphatic carbocycles. The lowest BCUT2D eigenvalue weighted by Crippen LogP contribution is -2.68. The lowest BCUT2D eigenvalue weighted by Gasteiger charge is -2.72. The third-order valence-electron chi connectivity index (χ3n) is 17.5. The van der Waals surface area contributed by atoms with Crippen LogP contribution in [0.2, 0.25) is 0 Å². The van der Waals surface area contributed by atoms with E-state index in [4.69, 9.17) is 4.74 Å². The molecule has 1 aromatic rings. The van der Waals surface area contributed by atoms with Gasteiger partial charge in [-0.15, -0.1) is 0 Å². The van der Waals surface area contributed by atoms with Gasteiger partial charge in [0.2, 0.25) is 5.88 Å². The first-order chi connectivity index (χ1) is 25.9. The zero-order valence-corrected chi connectivity index (χ0v) is 34.5. The lowest BCUT2D eigenvalue weighted by molar-refractivity contribution is -0.221. The second kappa shape index (κ2) is 14.0. The highest BCUT2D eigenvalue weighted by molar-refractivity contribution is 5.80. The van der Waals surface area contributed by atoms with E-state index in [1.54, 1.807) is 18.3 Å². The summed E-state index contributed by atoms with van der Waals surface area (Å²) in [6, 6.07) is 5.41. The third-order valence-corrected chi connectivity index (χ3v) is 17.5. The Balaban J connectivity index is 1.14. The molecule has 3 N–H and O–H groups in total. The summed E-state index contributed by atoms with van der Waals surface area (Å²) in [6.45, 7) is 21.4. The van der Waals surface area contributed by atoms with Crippen molar-refractivity contribution in [2.75, 3.05) is 13.2 Å². The molecule has 0 unspecified atom stereocenters. The molecule has 298 valence electrons. The number of aliphatic hydroxyl groups is 1. The number of nitriles is 1. The van der Waals surface area contributed by atoms with Gasteiger partial charge in [0.1, 0.15) is 29.8 Å².